The van der Waals surface area contributed by atoms with Crippen LogP contribution < -0.4 is 0 Å². The maximum atomic E-state index is 13.0. The number of hydrogen-bond acceptors (Lipinski definition) is 5. The third kappa shape index (κ3) is 2.56. The minimum Gasteiger partial charge on any atom is -0.267 e. The molecule has 144 valence electrons. The number of hydrazone groups is 1. The van der Waals surface area contributed by atoms with E-state index in [0.717, 1.165) is 21.3 Å². The molecule has 0 aromatic heterocycles. The topological polar surface area (TPSA) is 92.9 Å². The molecule has 1 heterocycles. The molecular weight excluding hydrogens is 382 g/mol. The second-order valence-corrected chi connectivity index (χ2v) is 6.85. The average Bonchev–Trinajstić information content (AvgIpc) is 2.77. The standard InChI is InChI=1S/C23H13N3O4/c27-22-18-10-4-9-17-20(26(29)30)12-11-19(21(17)18)23(28)25(22)24-13-15-7-3-6-14-5-1-2-8-16(14)15/h1-13H. The summed E-state index contributed by atoms with van der Waals surface area (Å²) in [5.74, 6) is -1.23. The van der Waals surface area contributed by atoms with Gasteiger partial charge in [-0.25, -0.2) is 0 Å². The van der Waals surface area contributed by atoms with Crippen molar-refractivity contribution in [3.8, 4) is 0 Å². The molecule has 0 aliphatic carbocycles. The van der Waals surface area contributed by atoms with Gasteiger partial charge in [-0.15, -0.1) is 0 Å². The molecule has 0 unspecified atom stereocenters. The fourth-order valence-corrected chi connectivity index (χ4v) is 3.82. The van der Waals surface area contributed by atoms with Gasteiger partial charge in [-0.1, -0.05) is 48.5 Å². The summed E-state index contributed by atoms with van der Waals surface area (Å²) >= 11 is 0. The third-order valence-electron chi connectivity index (χ3n) is 5.20. The summed E-state index contributed by atoms with van der Waals surface area (Å²) < 4.78 is 0. The van der Waals surface area contributed by atoms with Crippen molar-refractivity contribution in [3.63, 3.8) is 0 Å². The number of imide groups is 1. The Morgan fingerprint density at radius 3 is 2.27 bits per heavy atom. The first-order valence-electron chi connectivity index (χ1n) is 9.17. The van der Waals surface area contributed by atoms with Gasteiger partial charge in [-0.2, -0.15) is 10.1 Å². The molecule has 1 aliphatic rings. The van der Waals surface area contributed by atoms with Crippen molar-refractivity contribution < 1.29 is 14.5 Å². The summed E-state index contributed by atoms with van der Waals surface area (Å²) in [7, 11) is 0. The van der Waals surface area contributed by atoms with Crippen molar-refractivity contribution in [1.29, 1.82) is 0 Å². The van der Waals surface area contributed by atoms with E-state index in [4.69, 9.17) is 0 Å². The number of benzene rings is 4. The third-order valence-corrected chi connectivity index (χ3v) is 5.20. The quantitative estimate of drug-likeness (QED) is 0.220. The van der Waals surface area contributed by atoms with Gasteiger partial charge in [0.05, 0.1) is 27.7 Å². The van der Waals surface area contributed by atoms with Gasteiger partial charge >= 0.3 is 0 Å². The van der Waals surface area contributed by atoms with Crippen LogP contribution in [-0.4, -0.2) is 28.0 Å². The molecule has 7 heteroatoms. The molecule has 1 aliphatic heterocycles. The number of nitro groups is 1. The van der Waals surface area contributed by atoms with Crippen LogP contribution in [0.4, 0.5) is 5.69 Å². The number of fused-ring (bicyclic) bond motifs is 1. The van der Waals surface area contributed by atoms with E-state index in [1.54, 1.807) is 12.1 Å². The molecule has 0 fully saturated rings. The van der Waals surface area contributed by atoms with Crippen molar-refractivity contribution in [3.05, 3.63) is 99.6 Å². The summed E-state index contributed by atoms with van der Waals surface area (Å²) in [5.41, 5.74) is 1.03. The van der Waals surface area contributed by atoms with Crippen molar-refractivity contribution in [2.45, 2.75) is 0 Å². The lowest BCUT2D eigenvalue weighted by atomic mass is 9.94. The van der Waals surface area contributed by atoms with Crippen molar-refractivity contribution in [2.24, 2.45) is 5.10 Å². The van der Waals surface area contributed by atoms with Gasteiger partial charge in [0.2, 0.25) is 0 Å². The first-order valence-corrected chi connectivity index (χ1v) is 9.17. The van der Waals surface area contributed by atoms with E-state index in [9.17, 15) is 19.7 Å². The summed E-state index contributed by atoms with van der Waals surface area (Å²) in [6.07, 6.45) is 1.48. The van der Waals surface area contributed by atoms with Crippen molar-refractivity contribution in [2.75, 3.05) is 0 Å². The predicted molar refractivity (Wildman–Crippen MR) is 113 cm³/mol. The smallest absolute Gasteiger partial charge is 0.267 e. The van der Waals surface area contributed by atoms with Crippen LogP contribution in [0, 0.1) is 10.1 Å². The molecule has 0 saturated heterocycles. The van der Waals surface area contributed by atoms with E-state index in [0.29, 0.717) is 5.39 Å². The first-order chi connectivity index (χ1) is 14.6. The highest BCUT2D eigenvalue weighted by Crippen LogP contribution is 2.35. The maximum absolute atomic E-state index is 13.0. The number of nitrogens with zero attached hydrogens (tertiary/aromatic N) is 3. The fourth-order valence-electron chi connectivity index (χ4n) is 3.82. The summed E-state index contributed by atoms with van der Waals surface area (Å²) in [4.78, 5) is 36.8. The summed E-state index contributed by atoms with van der Waals surface area (Å²) in [5, 5.41) is 18.8. The van der Waals surface area contributed by atoms with Crippen LogP contribution in [0.2, 0.25) is 0 Å². The molecule has 0 N–H and O–H groups in total. The average molecular weight is 395 g/mol. The first kappa shape index (κ1) is 17.7. The monoisotopic (exact) mass is 395 g/mol. The summed E-state index contributed by atoms with van der Waals surface area (Å²) in [6.45, 7) is 0. The molecule has 0 radical (unpaired) electrons. The van der Waals surface area contributed by atoms with Gasteiger partial charge in [0, 0.05) is 17.0 Å². The number of carbonyl (C=O) groups is 2. The van der Waals surface area contributed by atoms with E-state index < -0.39 is 16.7 Å². The zero-order valence-electron chi connectivity index (χ0n) is 15.5. The molecule has 0 atom stereocenters. The maximum Gasteiger partial charge on any atom is 0.282 e. The van der Waals surface area contributed by atoms with Crippen LogP contribution in [0.25, 0.3) is 21.5 Å². The Hall–Kier alpha value is -4.39. The Kier molecular flexibility index (Phi) is 3.89. The fraction of sp³-hybridized carbons (Fsp3) is 0. The Morgan fingerprint density at radius 2 is 1.47 bits per heavy atom. The minimum atomic E-state index is -0.616. The van der Waals surface area contributed by atoms with Crippen LogP contribution in [0.3, 0.4) is 0 Å². The summed E-state index contributed by atoms with van der Waals surface area (Å²) in [6, 6.07) is 20.7. The van der Waals surface area contributed by atoms with Gasteiger partial charge in [-0.3, -0.25) is 19.7 Å². The van der Waals surface area contributed by atoms with Gasteiger partial charge < -0.3 is 0 Å². The van der Waals surface area contributed by atoms with E-state index in [-0.39, 0.29) is 22.2 Å². The molecule has 7 nitrogen and oxygen atoms in total. The number of rotatable bonds is 3. The SMILES string of the molecule is O=C1c2cccc3c([N+](=O)[O-])ccc(c23)C(=O)N1N=Cc1cccc2ccccc12. The minimum absolute atomic E-state index is 0.149. The van der Waals surface area contributed by atoms with Gasteiger partial charge in [-0.05, 0) is 29.0 Å². The molecular formula is C23H13N3O4. The largest absolute Gasteiger partial charge is 0.282 e. The van der Waals surface area contributed by atoms with Crippen LogP contribution in [-0.2, 0) is 0 Å². The number of non-ortho nitro benzene ring substituents is 1. The van der Waals surface area contributed by atoms with Crippen LogP contribution >= 0.6 is 0 Å². The van der Waals surface area contributed by atoms with E-state index in [1.807, 2.05) is 42.5 Å². The Morgan fingerprint density at radius 1 is 0.800 bits per heavy atom. The highest BCUT2D eigenvalue weighted by atomic mass is 16.6. The highest BCUT2D eigenvalue weighted by Gasteiger charge is 2.34. The Balaban J connectivity index is 1.62. The lowest BCUT2D eigenvalue weighted by Gasteiger charge is -2.23. The van der Waals surface area contributed by atoms with E-state index in [2.05, 4.69) is 5.10 Å². The van der Waals surface area contributed by atoms with Gasteiger partial charge in [0.15, 0.2) is 0 Å². The zero-order valence-corrected chi connectivity index (χ0v) is 15.5. The second-order valence-electron chi connectivity index (χ2n) is 6.85. The Labute approximate surface area is 170 Å². The van der Waals surface area contributed by atoms with Crippen molar-refractivity contribution >= 4 is 45.3 Å². The number of nitro benzene ring substituents is 1. The zero-order chi connectivity index (χ0) is 20.8. The number of amides is 2. The highest BCUT2D eigenvalue weighted by molar-refractivity contribution is 6.26. The van der Waals surface area contributed by atoms with Crippen molar-refractivity contribution in [1.82, 2.24) is 5.01 Å². The molecule has 0 bridgehead atoms. The second kappa shape index (κ2) is 6.59. The molecule has 4 aromatic carbocycles. The van der Waals surface area contributed by atoms with Crippen LogP contribution in [0.5, 0.6) is 0 Å². The number of carbonyl (C=O) groups excluding carboxylic acids is 2. The molecule has 2 amide bonds. The van der Waals surface area contributed by atoms with Crippen LogP contribution in [0.15, 0.2) is 77.9 Å². The molecule has 5 rings (SSSR count). The van der Waals surface area contributed by atoms with Gasteiger partial charge in [0.25, 0.3) is 17.5 Å². The number of hydrogen-bond donors (Lipinski definition) is 0. The lowest BCUT2D eigenvalue weighted by molar-refractivity contribution is -0.383. The Bertz CT molecular complexity index is 1400. The van der Waals surface area contributed by atoms with E-state index >= 15 is 0 Å². The lowest BCUT2D eigenvalue weighted by Crippen LogP contribution is -2.36. The molecule has 0 saturated carbocycles. The predicted octanol–water partition coefficient (Wildman–Crippen LogP) is 4.53. The molecule has 30 heavy (non-hydrogen) atoms. The van der Waals surface area contributed by atoms with E-state index in [1.165, 1.54) is 24.4 Å². The van der Waals surface area contributed by atoms with Gasteiger partial charge in [0.1, 0.15) is 0 Å². The molecule has 0 spiro atoms. The van der Waals surface area contributed by atoms with Crippen LogP contribution in [0.1, 0.15) is 26.3 Å². The normalized spacial score (nSPS) is 13.5. The molecule has 4 aromatic rings.